The van der Waals surface area contributed by atoms with E-state index in [1.807, 2.05) is 30.0 Å². The van der Waals surface area contributed by atoms with Crippen molar-refractivity contribution in [3.63, 3.8) is 0 Å². The molecule has 0 unspecified atom stereocenters. The number of para-hydroxylation sites is 1. The van der Waals surface area contributed by atoms with Crippen LogP contribution >= 0.6 is 0 Å². The van der Waals surface area contributed by atoms with E-state index < -0.39 is 10.0 Å². The van der Waals surface area contributed by atoms with E-state index >= 15 is 0 Å². The van der Waals surface area contributed by atoms with Crippen molar-refractivity contribution in [1.82, 2.24) is 14.1 Å². The lowest BCUT2D eigenvalue weighted by molar-refractivity contribution is 0.109. The van der Waals surface area contributed by atoms with Crippen molar-refractivity contribution in [2.45, 2.75) is 33.1 Å². The van der Waals surface area contributed by atoms with Crippen molar-refractivity contribution in [3.05, 3.63) is 46.9 Å². The van der Waals surface area contributed by atoms with E-state index in [1.165, 1.54) is 4.68 Å². The number of hydrogen-bond donors (Lipinski definition) is 0. The summed E-state index contributed by atoms with van der Waals surface area (Å²) in [6.07, 6.45) is 4.19. The molecule has 0 spiro atoms. The number of piperazine rings is 1. The molecule has 33 heavy (non-hydrogen) atoms. The number of unbranched alkanes of at least 4 members (excludes halogenated alkanes) is 2. The molecule has 9 nitrogen and oxygen atoms in total. The summed E-state index contributed by atoms with van der Waals surface area (Å²) in [5.41, 5.74) is 0.864. The fourth-order valence-electron chi connectivity index (χ4n) is 3.76. The second kappa shape index (κ2) is 12.2. The number of hydrogen-bond acceptors (Lipinski definition) is 7. The summed E-state index contributed by atoms with van der Waals surface area (Å²) in [7, 11) is -3.27. The molecule has 1 fully saturated rings. The van der Waals surface area contributed by atoms with Gasteiger partial charge in [0.25, 0.3) is 0 Å². The third kappa shape index (κ3) is 6.55. The summed E-state index contributed by atoms with van der Waals surface area (Å²) in [5, 5.41) is 4.37. The largest absolute Gasteiger partial charge is 0.484 e. The molecule has 0 saturated carbocycles. The van der Waals surface area contributed by atoms with Gasteiger partial charge in [-0.25, -0.2) is 8.42 Å². The Labute approximate surface area is 196 Å². The molecule has 3 rings (SSSR count). The second-order valence-corrected chi connectivity index (χ2v) is 9.95. The molecule has 0 N–H and O–H groups in total. The van der Waals surface area contributed by atoms with Gasteiger partial charge in [0.15, 0.2) is 0 Å². The number of benzene rings is 1. The van der Waals surface area contributed by atoms with Crippen LogP contribution in [0.4, 0.5) is 5.69 Å². The molecule has 0 bridgehead atoms. The number of sulfonamides is 1. The number of nitrogens with zero attached hydrogens (tertiary/aromatic N) is 4. The van der Waals surface area contributed by atoms with Gasteiger partial charge in [0.1, 0.15) is 12.3 Å². The van der Waals surface area contributed by atoms with Crippen molar-refractivity contribution >= 4 is 15.7 Å². The molecule has 0 radical (unpaired) electrons. The molecule has 1 aliphatic rings. The van der Waals surface area contributed by atoms with Gasteiger partial charge in [-0.05, 0) is 25.5 Å². The molecule has 0 atom stereocenters. The highest BCUT2D eigenvalue weighted by molar-refractivity contribution is 7.89. The summed E-state index contributed by atoms with van der Waals surface area (Å²) in [4.78, 5) is 15.2. The lowest BCUT2D eigenvalue weighted by atomic mass is 10.3. The van der Waals surface area contributed by atoms with Gasteiger partial charge in [-0.15, -0.1) is 0 Å². The Balaban J connectivity index is 1.79. The zero-order valence-electron chi connectivity index (χ0n) is 19.5. The molecule has 2 aromatic rings. The van der Waals surface area contributed by atoms with Gasteiger partial charge in [0.05, 0.1) is 24.2 Å². The molecule has 1 aliphatic heterocycles. The monoisotopic (exact) mass is 478 g/mol. The van der Waals surface area contributed by atoms with E-state index in [0.29, 0.717) is 57.2 Å². The Morgan fingerprint density at radius 3 is 2.39 bits per heavy atom. The number of anilines is 1. The Bertz CT molecular complexity index is 1030. The Morgan fingerprint density at radius 2 is 1.73 bits per heavy atom. The van der Waals surface area contributed by atoms with Crippen LogP contribution in [0.3, 0.4) is 0 Å². The summed E-state index contributed by atoms with van der Waals surface area (Å²) in [6, 6.07) is 9.17. The highest BCUT2D eigenvalue weighted by Crippen LogP contribution is 2.26. The second-order valence-electron chi connectivity index (χ2n) is 7.87. The van der Waals surface area contributed by atoms with Crippen LogP contribution in [0.25, 0.3) is 5.69 Å². The quantitative estimate of drug-likeness (QED) is 0.432. The van der Waals surface area contributed by atoms with E-state index in [-0.39, 0.29) is 23.7 Å². The van der Waals surface area contributed by atoms with Crippen LogP contribution in [0.5, 0.6) is 5.75 Å². The van der Waals surface area contributed by atoms with Crippen LogP contribution in [0.15, 0.2) is 41.3 Å². The number of aromatic nitrogens is 2. The maximum absolute atomic E-state index is 13.3. The molecule has 0 amide bonds. The van der Waals surface area contributed by atoms with Crippen molar-refractivity contribution in [1.29, 1.82) is 0 Å². The van der Waals surface area contributed by atoms with Gasteiger partial charge in [0, 0.05) is 32.8 Å². The zero-order valence-corrected chi connectivity index (χ0v) is 20.3. The summed E-state index contributed by atoms with van der Waals surface area (Å²) < 4.78 is 39.4. The fraction of sp³-hybridized carbons (Fsp3) is 0.565. The molecular weight excluding hydrogens is 444 g/mol. The van der Waals surface area contributed by atoms with Gasteiger partial charge < -0.3 is 14.4 Å². The third-order valence-electron chi connectivity index (χ3n) is 5.57. The molecule has 0 aliphatic carbocycles. The molecule has 182 valence electrons. The number of rotatable bonds is 12. The minimum Gasteiger partial charge on any atom is -0.484 e. The van der Waals surface area contributed by atoms with Crippen LogP contribution in [0, 0.1) is 0 Å². The van der Waals surface area contributed by atoms with E-state index in [9.17, 15) is 13.2 Å². The first kappa shape index (κ1) is 25.2. The first-order valence-corrected chi connectivity index (χ1v) is 13.2. The van der Waals surface area contributed by atoms with E-state index in [1.54, 1.807) is 22.6 Å². The fourth-order valence-corrected chi connectivity index (χ4v) is 5.31. The SMILES string of the molecule is CCCCCS(=O)(=O)N1CCN(c2cnn(-c3ccccc3)c(=O)c2OCCOCC)CC1. The van der Waals surface area contributed by atoms with Crippen LogP contribution in [-0.2, 0) is 14.8 Å². The number of ether oxygens (including phenoxy) is 2. The Kier molecular flexibility index (Phi) is 9.28. The van der Waals surface area contributed by atoms with Gasteiger partial charge in [0.2, 0.25) is 15.8 Å². The zero-order chi connectivity index (χ0) is 23.7. The van der Waals surface area contributed by atoms with E-state index in [2.05, 4.69) is 12.0 Å². The highest BCUT2D eigenvalue weighted by atomic mass is 32.2. The lowest BCUT2D eigenvalue weighted by Gasteiger charge is -2.35. The van der Waals surface area contributed by atoms with Gasteiger partial charge in [-0.1, -0.05) is 38.0 Å². The summed E-state index contributed by atoms with van der Waals surface area (Å²) in [6.45, 7) is 6.79. The van der Waals surface area contributed by atoms with Crippen molar-refractivity contribution in [2.75, 3.05) is 56.7 Å². The average molecular weight is 479 g/mol. The molecule has 1 aromatic carbocycles. The molecule has 1 aromatic heterocycles. The van der Waals surface area contributed by atoms with Gasteiger partial charge >= 0.3 is 5.56 Å². The molecule has 2 heterocycles. The molecule has 1 saturated heterocycles. The first-order valence-electron chi connectivity index (χ1n) is 11.6. The van der Waals surface area contributed by atoms with E-state index in [0.717, 1.165) is 12.8 Å². The van der Waals surface area contributed by atoms with E-state index in [4.69, 9.17) is 9.47 Å². The van der Waals surface area contributed by atoms with Crippen LogP contribution in [0.1, 0.15) is 33.1 Å². The van der Waals surface area contributed by atoms with Crippen molar-refractivity contribution in [3.8, 4) is 11.4 Å². The van der Waals surface area contributed by atoms with Crippen molar-refractivity contribution in [2.24, 2.45) is 0 Å². The normalized spacial score (nSPS) is 15.0. The maximum Gasteiger partial charge on any atom is 0.316 e. The predicted octanol–water partition coefficient (Wildman–Crippen LogP) is 2.29. The maximum atomic E-state index is 13.3. The van der Waals surface area contributed by atoms with Gasteiger partial charge in [-0.3, -0.25) is 4.79 Å². The first-order chi connectivity index (χ1) is 16.0. The minimum absolute atomic E-state index is 0.182. The predicted molar refractivity (Wildman–Crippen MR) is 129 cm³/mol. The Morgan fingerprint density at radius 1 is 1.00 bits per heavy atom. The van der Waals surface area contributed by atoms with Gasteiger partial charge in [-0.2, -0.15) is 14.1 Å². The average Bonchev–Trinajstić information content (AvgIpc) is 2.83. The smallest absolute Gasteiger partial charge is 0.316 e. The topological polar surface area (TPSA) is 94.0 Å². The summed E-state index contributed by atoms with van der Waals surface area (Å²) in [5.74, 6) is 0.384. The third-order valence-corrected chi connectivity index (χ3v) is 7.53. The standard InChI is InChI=1S/C23H34N4O5S/c1-3-5-9-18-33(29,30)26-14-12-25(13-15-26)21-19-24-27(20-10-7-6-8-11-20)23(28)22(21)32-17-16-31-4-2/h6-8,10-11,19H,3-5,9,12-18H2,1-2H3. The van der Waals surface area contributed by atoms with Crippen LogP contribution in [-0.4, -0.2) is 74.3 Å². The molecular formula is C23H34N4O5S. The highest BCUT2D eigenvalue weighted by Gasteiger charge is 2.29. The molecule has 10 heteroatoms. The lowest BCUT2D eigenvalue weighted by Crippen LogP contribution is -2.49. The summed E-state index contributed by atoms with van der Waals surface area (Å²) >= 11 is 0. The van der Waals surface area contributed by atoms with Crippen LogP contribution < -0.4 is 15.2 Å². The minimum atomic E-state index is -3.27. The Hall–Kier alpha value is -2.43. The van der Waals surface area contributed by atoms with Crippen molar-refractivity contribution < 1.29 is 17.9 Å². The van der Waals surface area contributed by atoms with Crippen LogP contribution in [0.2, 0.25) is 0 Å².